The van der Waals surface area contributed by atoms with E-state index in [4.69, 9.17) is 10.3 Å². The molecule has 10 heteroatoms. The van der Waals surface area contributed by atoms with E-state index in [9.17, 15) is 9.46 Å². The van der Waals surface area contributed by atoms with Crippen molar-refractivity contribution in [3.63, 3.8) is 0 Å². The Morgan fingerprint density at radius 3 is 2.88 bits per heavy atom. The molecule has 0 amide bonds. The standard InChI is InChI=1S/C14H18N5O4P/c1-14(2,3)7-19-11(18-10-6-16-8-17-12(10)19)9-4-5-22-13(9)24(20,21)23-15/h4-6,8H,7,15H2,1-3H3,(H,20,21). The van der Waals surface area contributed by atoms with Gasteiger partial charge < -0.3 is 13.9 Å². The largest absolute Gasteiger partial charge is 0.456 e. The molecule has 1 unspecified atom stereocenters. The van der Waals surface area contributed by atoms with Crippen LogP contribution < -0.4 is 11.4 Å². The molecule has 0 aliphatic rings. The van der Waals surface area contributed by atoms with Gasteiger partial charge in [-0.3, -0.25) is 0 Å². The van der Waals surface area contributed by atoms with Gasteiger partial charge in [0.15, 0.2) is 5.65 Å². The van der Waals surface area contributed by atoms with E-state index < -0.39 is 7.60 Å². The number of aromatic nitrogens is 4. The van der Waals surface area contributed by atoms with Crippen LogP contribution in [0.3, 0.4) is 0 Å². The fraction of sp³-hybridized carbons (Fsp3) is 0.357. The maximum absolute atomic E-state index is 12.1. The van der Waals surface area contributed by atoms with Gasteiger partial charge in [-0.05, 0) is 11.5 Å². The van der Waals surface area contributed by atoms with Gasteiger partial charge in [0, 0.05) is 6.54 Å². The molecule has 0 saturated heterocycles. The van der Waals surface area contributed by atoms with Crippen LogP contribution in [-0.2, 0) is 15.7 Å². The molecule has 0 aliphatic carbocycles. The summed E-state index contributed by atoms with van der Waals surface area (Å²) in [5.41, 5.74) is 1.19. The summed E-state index contributed by atoms with van der Waals surface area (Å²) < 4.78 is 23.3. The molecule has 3 rings (SSSR count). The van der Waals surface area contributed by atoms with Gasteiger partial charge in [-0.15, -0.1) is 0 Å². The van der Waals surface area contributed by atoms with Crippen LogP contribution in [0.25, 0.3) is 22.6 Å². The van der Waals surface area contributed by atoms with E-state index in [0.717, 1.165) is 0 Å². The first-order valence-electron chi connectivity index (χ1n) is 7.19. The molecule has 0 radical (unpaired) electrons. The Labute approximate surface area is 138 Å². The van der Waals surface area contributed by atoms with Gasteiger partial charge in [0.2, 0.25) is 5.50 Å². The monoisotopic (exact) mass is 351 g/mol. The third-order valence-corrected chi connectivity index (χ3v) is 4.47. The molecule has 128 valence electrons. The SMILES string of the molecule is CC(C)(C)Cn1c(-c2ccoc2P(=O)(O)ON)nc2cncnc21. The normalized spacial score (nSPS) is 14.9. The summed E-state index contributed by atoms with van der Waals surface area (Å²) in [5.74, 6) is 5.38. The van der Waals surface area contributed by atoms with Crippen molar-refractivity contribution in [2.45, 2.75) is 27.3 Å². The lowest BCUT2D eigenvalue weighted by Crippen LogP contribution is -2.18. The highest BCUT2D eigenvalue weighted by Gasteiger charge is 2.33. The van der Waals surface area contributed by atoms with Crippen LogP contribution in [-0.4, -0.2) is 24.4 Å². The van der Waals surface area contributed by atoms with Crippen LogP contribution in [0.15, 0.2) is 29.3 Å². The van der Waals surface area contributed by atoms with Crippen molar-refractivity contribution >= 4 is 24.3 Å². The molecule has 0 aliphatic heterocycles. The molecule has 3 N–H and O–H groups in total. The number of hydrogen-bond donors (Lipinski definition) is 2. The Morgan fingerprint density at radius 1 is 1.46 bits per heavy atom. The molecule has 0 spiro atoms. The minimum absolute atomic E-state index is 0.0789. The second kappa shape index (κ2) is 5.78. The number of fused-ring (bicyclic) bond motifs is 1. The Balaban J connectivity index is 2.26. The van der Waals surface area contributed by atoms with Gasteiger partial charge in [-0.2, -0.15) is 0 Å². The Kier molecular flexibility index (Phi) is 4.05. The second-order valence-electron chi connectivity index (χ2n) is 6.58. The molecular weight excluding hydrogens is 333 g/mol. The van der Waals surface area contributed by atoms with E-state index in [0.29, 0.717) is 29.1 Å². The summed E-state index contributed by atoms with van der Waals surface area (Å²) in [5, 5.41) is 0. The van der Waals surface area contributed by atoms with Gasteiger partial charge in [0.1, 0.15) is 17.7 Å². The topological polar surface area (TPSA) is 129 Å². The van der Waals surface area contributed by atoms with Crippen molar-refractivity contribution < 1.29 is 18.5 Å². The first-order valence-corrected chi connectivity index (χ1v) is 8.76. The number of furan rings is 1. The van der Waals surface area contributed by atoms with Gasteiger partial charge in [-0.1, -0.05) is 20.8 Å². The maximum Gasteiger partial charge on any atom is 0.410 e. The van der Waals surface area contributed by atoms with E-state index in [1.165, 1.54) is 12.6 Å². The smallest absolute Gasteiger partial charge is 0.410 e. The molecule has 0 fully saturated rings. The molecule has 3 heterocycles. The molecule has 9 nitrogen and oxygen atoms in total. The van der Waals surface area contributed by atoms with Crippen LogP contribution in [0.4, 0.5) is 0 Å². The van der Waals surface area contributed by atoms with Crippen LogP contribution in [0.5, 0.6) is 0 Å². The Morgan fingerprint density at radius 2 is 2.21 bits per heavy atom. The van der Waals surface area contributed by atoms with Crippen molar-refractivity contribution in [3.8, 4) is 11.4 Å². The molecule has 24 heavy (non-hydrogen) atoms. The molecule has 0 bridgehead atoms. The highest BCUT2D eigenvalue weighted by molar-refractivity contribution is 7.61. The lowest BCUT2D eigenvalue weighted by atomic mass is 9.97. The zero-order valence-corrected chi connectivity index (χ0v) is 14.4. The Bertz CT molecular complexity index is 927. The van der Waals surface area contributed by atoms with Gasteiger partial charge in [-0.25, -0.2) is 30.0 Å². The molecule has 0 aromatic carbocycles. The zero-order chi connectivity index (χ0) is 17.5. The average Bonchev–Trinajstić information content (AvgIpc) is 3.11. The van der Waals surface area contributed by atoms with E-state index in [1.807, 2.05) is 4.57 Å². The van der Waals surface area contributed by atoms with Crippen molar-refractivity contribution in [2.24, 2.45) is 11.3 Å². The maximum atomic E-state index is 12.1. The van der Waals surface area contributed by atoms with E-state index in [1.54, 1.807) is 12.3 Å². The van der Waals surface area contributed by atoms with Crippen LogP contribution in [0, 0.1) is 5.41 Å². The van der Waals surface area contributed by atoms with Crippen molar-refractivity contribution in [3.05, 3.63) is 24.9 Å². The summed E-state index contributed by atoms with van der Waals surface area (Å²) in [6, 6.07) is 1.55. The molecule has 3 aromatic heterocycles. The molecular formula is C14H18N5O4P. The highest BCUT2D eigenvalue weighted by Crippen LogP contribution is 2.42. The van der Waals surface area contributed by atoms with E-state index >= 15 is 0 Å². The fourth-order valence-electron chi connectivity index (χ4n) is 2.45. The predicted octanol–water partition coefficient (Wildman–Crippen LogP) is 1.83. The lowest BCUT2D eigenvalue weighted by molar-refractivity contribution is 0.273. The lowest BCUT2D eigenvalue weighted by Gasteiger charge is -2.20. The minimum atomic E-state index is -4.27. The van der Waals surface area contributed by atoms with Gasteiger partial charge in [0.05, 0.1) is 18.0 Å². The minimum Gasteiger partial charge on any atom is -0.456 e. The zero-order valence-electron chi connectivity index (χ0n) is 13.5. The molecule has 0 saturated carbocycles. The Hall–Kier alpha value is -2.06. The van der Waals surface area contributed by atoms with Crippen molar-refractivity contribution in [1.82, 2.24) is 19.5 Å². The van der Waals surface area contributed by atoms with E-state index in [2.05, 4.69) is 40.3 Å². The van der Waals surface area contributed by atoms with Crippen molar-refractivity contribution in [1.29, 1.82) is 0 Å². The fourth-order valence-corrected chi connectivity index (χ4v) is 3.21. The number of imidazole rings is 1. The summed E-state index contributed by atoms with van der Waals surface area (Å²) in [6.45, 7) is 6.79. The second-order valence-corrected chi connectivity index (χ2v) is 8.24. The summed E-state index contributed by atoms with van der Waals surface area (Å²) in [7, 11) is -4.27. The van der Waals surface area contributed by atoms with Crippen LogP contribution in [0.1, 0.15) is 20.8 Å². The third kappa shape index (κ3) is 2.99. The molecule has 3 aromatic rings. The van der Waals surface area contributed by atoms with Crippen molar-refractivity contribution in [2.75, 3.05) is 0 Å². The number of hydrogen-bond acceptors (Lipinski definition) is 7. The summed E-state index contributed by atoms with van der Waals surface area (Å²) >= 11 is 0. The molecule has 1 atom stereocenters. The average molecular weight is 351 g/mol. The number of nitrogens with zero attached hydrogens (tertiary/aromatic N) is 4. The quantitative estimate of drug-likeness (QED) is 0.538. The number of nitrogens with two attached hydrogens (primary N) is 1. The van der Waals surface area contributed by atoms with Gasteiger partial charge in [0.25, 0.3) is 0 Å². The first-order chi connectivity index (χ1) is 11.2. The van der Waals surface area contributed by atoms with Crippen LogP contribution in [0.2, 0.25) is 0 Å². The third-order valence-electron chi connectivity index (χ3n) is 3.33. The highest BCUT2D eigenvalue weighted by atomic mass is 31.2. The predicted molar refractivity (Wildman–Crippen MR) is 87.2 cm³/mol. The first kappa shape index (κ1) is 16.8. The summed E-state index contributed by atoms with van der Waals surface area (Å²) in [6.07, 6.45) is 4.31. The van der Waals surface area contributed by atoms with Gasteiger partial charge >= 0.3 is 7.60 Å². The van der Waals surface area contributed by atoms with Crippen LogP contribution >= 0.6 is 7.60 Å². The summed E-state index contributed by atoms with van der Waals surface area (Å²) in [4.78, 5) is 22.6. The van der Waals surface area contributed by atoms with E-state index in [-0.39, 0.29) is 10.9 Å². The number of rotatable bonds is 4.